The molecule has 0 saturated carbocycles. The maximum Gasteiger partial charge on any atom is 0.281 e. The van der Waals surface area contributed by atoms with Gasteiger partial charge in [0, 0.05) is 18.7 Å². The van der Waals surface area contributed by atoms with Crippen molar-refractivity contribution in [2.45, 2.75) is 31.1 Å². The van der Waals surface area contributed by atoms with Gasteiger partial charge in [0.05, 0.1) is 13.7 Å². The lowest BCUT2D eigenvalue weighted by atomic mass is 10.2. The Kier molecular flexibility index (Phi) is 7.52. The van der Waals surface area contributed by atoms with E-state index in [0.29, 0.717) is 31.2 Å². The first-order valence-electron chi connectivity index (χ1n) is 9.87. The molecule has 0 radical (unpaired) electrons. The molecule has 11 heteroatoms. The molecule has 2 N–H and O–H groups in total. The standard InChI is InChI=1S/C20H25N3O6S2/c1-3-29-15-8-7-14(13-16(15)28-2)19(24)21-22-20(25)18-17(9-12-30-18)31(26,27)23-10-5-4-6-11-23/h7-9,12-13H,3-6,10-11H2,1-2H3,(H,21,24)(H,22,25). The third-order valence-corrected chi connectivity index (χ3v) is 7.77. The van der Waals surface area contributed by atoms with E-state index in [1.54, 1.807) is 11.4 Å². The molecule has 1 aromatic heterocycles. The van der Waals surface area contributed by atoms with Gasteiger partial charge in [-0.1, -0.05) is 6.42 Å². The van der Waals surface area contributed by atoms with Gasteiger partial charge in [-0.2, -0.15) is 4.31 Å². The maximum absolute atomic E-state index is 12.9. The number of nitrogens with zero attached hydrogens (tertiary/aromatic N) is 1. The number of rotatable bonds is 7. The molecule has 31 heavy (non-hydrogen) atoms. The van der Waals surface area contributed by atoms with Crippen LogP contribution in [0.3, 0.4) is 0 Å². The smallest absolute Gasteiger partial charge is 0.281 e. The van der Waals surface area contributed by atoms with E-state index in [4.69, 9.17) is 9.47 Å². The third-order valence-electron chi connectivity index (χ3n) is 4.78. The van der Waals surface area contributed by atoms with Crippen LogP contribution in [0, 0.1) is 0 Å². The Morgan fingerprint density at radius 2 is 1.77 bits per heavy atom. The summed E-state index contributed by atoms with van der Waals surface area (Å²) in [6, 6.07) is 6.04. The highest BCUT2D eigenvalue weighted by Crippen LogP contribution is 2.29. The number of hydrazine groups is 1. The van der Waals surface area contributed by atoms with Crippen molar-refractivity contribution in [3.63, 3.8) is 0 Å². The molecular formula is C20H25N3O6S2. The molecule has 0 spiro atoms. The Morgan fingerprint density at radius 3 is 2.45 bits per heavy atom. The van der Waals surface area contributed by atoms with Crippen molar-refractivity contribution in [2.24, 2.45) is 0 Å². The zero-order chi connectivity index (χ0) is 22.4. The minimum atomic E-state index is -3.76. The summed E-state index contributed by atoms with van der Waals surface area (Å²) >= 11 is 1.00. The first-order chi connectivity index (χ1) is 14.9. The second-order valence-electron chi connectivity index (χ2n) is 6.79. The van der Waals surface area contributed by atoms with Gasteiger partial charge in [0.1, 0.15) is 9.77 Å². The zero-order valence-corrected chi connectivity index (χ0v) is 19.0. The van der Waals surface area contributed by atoms with E-state index in [0.717, 1.165) is 30.6 Å². The van der Waals surface area contributed by atoms with Crippen molar-refractivity contribution in [1.82, 2.24) is 15.2 Å². The minimum Gasteiger partial charge on any atom is -0.493 e. The van der Waals surface area contributed by atoms with Crippen molar-refractivity contribution in [2.75, 3.05) is 26.8 Å². The van der Waals surface area contributed by atoms with E-state index in [2.05, 4.69) is 10.9 Å². The summed E-state index contributed by atoms with van der Waals surface area (Å²) in [5.74, 6) is -0.394. The van der Waals surface area contributed by atoms with Gasteiger partial charge in [0.2, 0.25) is 10.0 Å². The average Bonchev–Trinajstić information content (AvgIpc) is 3.29. The van der Waals surface area contributed by atoms with E-state index in [9.17, 15) is 18.0 Å². The van der Waals surface area contributed by atoms with E-state index in [-0.39, 0.29) is 15.3 Å². The monoisotopic (exact) mass is 467 g/mol. The Balaban J connectivity index is 1.69. The van der Waals surface area contributed by atoms with Crippen molar-refractivity contribution in [1.29, 1.82) is 0 Å². The largest absolute Gasteiger partial charge is 0.493 e. The second-order valence-corrected chi connectivity index (χ2v) is 9.61. The topological polar surface area (TPSA) is 114 Å². The van der Waals surface area contributed by atoms with E-state index >= 15 is 0 Å². The Hall–Kier alpha value is -2.63. The number of ether oxygens (including phenoxy) is 2. The fourth-order valence-electron chi connectivity index (χ4n) is 3.24. The number of sulfonamides is 1. The highest BCUT2D eigenvalue weighted by atomic mass is 32.2. The van der Waals surface area contributed by atoms with E-state index < -0.39 is 21.8 Å². The summed E-state index contributed by atoms with van der Waals surface area (Å²) < 4.78 is 37.9. The number of nitrogens with one attached hydrogen (secondary N) is 2. The van der Waals surface area contributed by atoms with Crippen molar-refractivity contribution >= 4 is 33.2 Å². The van der Waals surface area contributed by atoms with Crippen molar-refractivity contribution < 1.29 is 27.5 Å². The molecule has 1 fully saturated rings. The van der Waals surface area contributed by atoms with Crippen LogP contribution in [0.15, 0.2) is 34.5 Å². The summed E-state index contributed by atoms with van der Waals surface area (Å²) in [5, 5.41) is 1.55. The van der Waals surface area contributed by atoms with E-state index in [1.165, 1.54) is 29.6 Å². The van der Waals surface area contributed by atoms with Crippen molar-refractivity contribution in [3.8, 4) is 11.5 Å². The molecule has 2 aromatic rings. The maximum atomic E-state index is 12.9. The van der Waals surface area contributed by atoms with E-state index in [1.807, 2.05) is 6.92 Å². The number of carbonyl (C=O) groups is 2. The van der Waals surface area contributed by atoms with Crippen LogP contribution in [0.5, 0.6) is 11.5 Å². The van der Waals surface area contributed by atoms with Crippen LogP contribution in [0.4, 0.5) is 0 Å². The molecular weight excluding hydrogens is 442 g/mol. The van der Waals surface area contributed by atoms with Crippen LogP contribution in [0.25, 0.3) is 0 Å². The lowest BCUT2D eigenvalue weighted by Gasteiger charge is -2.25. The van der Waals surface area contributed by atoms with Crippen LogP contribution in [-0.2, 0) is 10.0 Å². The van der Waals surface area contributed by atoms with Crippen LogP contribution in [-0.4, -0.2) is 51.3 Å². The average molecular weight is 468 g/mol. The SMILES string of the molecule is CCOc1ccc(C(=O)NNC(=O)c2sccc2S(=O)(=O)N2CCCCC2)cc1OC. The molecule has 1 saturated heterocycles. The molecule has 9 nitrogen and oxygen atoms in total. The molecule has 3 rings (SSSR count). The molecule has 0 aliphatic carbocycles. The first kappa shape index (κ1) is 23.0. The molecule has 168 valence electrons. The molecule has 0 unspecified atom stereocenters. The van der Waals surface area contributed by atoms with Crippen LogP contribution in [0.2, 0.25) is 0 Å². The number of hydrogen-bond donors (Lipinski definition) is 2. The fourth-order valence-corrected chi connectivity index (χ4v) is 6.05. The minimum absolute atomic E-state index is 0.0233. The van der Waals surface area contributed by atoms with Gasteiger partial charge >= 0.3 is 0 Å². The highest BCUT2D eigenvalue weighted by Gasteiger charge is 2.31. The fraction of sp³-hybridized carbons (Fsp3) is 0.400. The molecule has 1 aromatic carbocycles. The number of hydrogen-bond acceptors (Lipinski definition) is 7. The van der Waals surface area contributed by atoms with Crippen LogP contribution < -0.4 is 20.3 Å². The highest BCUT2D eigenvalue weighted by molar-refractivity contribution is 7.89. The van der Waals surface area contributed by atoms with Gasteiger partial charge in [-0.05, 0) is 49.4 Å². The molecule has 0 atom stereocenters. The quantitative estimate of drug-likeness (QED) is 0.605. The number of piperidine rings is 1. The van der Waals surface area contributed by atoms with Crippen LogP contribution >= 0.6 is 11.3 Å². The lowest BCUT2D eigenvalue weighted by Crippen LogP contribution is -2.42. The number of carbonyl (C=O) groups excluding carboxylic acids is 2. The molecule has 1 aliphatic heterocycles. The first-order valence-corrected chi connectivity index (χ1v) is 12.2. The summed E-state index contributed by atoms with van der Waals surface area (Å²) in [5.41, 5.74) is 4.85. The Bertz CT molecular complexity index is 1040. The van der Waals surface area contributed by atoms with Gasteiger partial charge in [0.15, 0.2) is 11.5 Å². The zero-order valence-electron chi connectivity index (χ0n) is 17.3. The summed E-state index contributed by atoms with van der Waals surface area (Å²) in [6.45, 7) is 3.16. The Labute approximate surface area is 185 Å². The van der Waals surface area contributed by atoms with Gasteiger partial charge < -0.3 is 9.47 Å². The molecule has 0 bridgehead atoms. The summed E-state index contributed by atoms with van der Waals surface area (Å²) in [7, 11) is -2.30. The lowest BCUT2D eigenvalue weighted by molar-refractivity contribution is 0.0847. The van der Waals surface area contributed by atoms with Gasteiger partial charge in [-0.15, -0.1) is 11.3 Å². The Morgan fingerprint density at radius 1 is 1.06 bits per heavy atom. The molecule has 2 amide bonds. The normalized spacial score (nSPS) is 14.6. The van der Waals surface area contributed by atoms with Gasteiger partial charge in [-0.25, -0.2) is 8.42 Å². The predicted octanol–water partition coefficient (Wildman–Crippen LogP) is 2.40. The number of amides is 2. The summed E-state index contributed by atoms with van der Waals surface area (Å²) in [4.78, 5) is 25.0. The van der Waals surface area contributed by atoms with Crippen molar-refractivity contribution in [3.05, 3.63) is 40.1 Å². The number of methoxy groups -OCH3 is 1. The summed E-state index contributed by atoms with van der Waals surface area (Å²) in [6.07, 6.45) is 2.59. The number of thiophene rings is 1. The predicted molar refractivity (Wildman–Crippen MR) is 116 cm³/mol. The van der Waals surface area contributed by atoms with Gasteiger partial charge in [-0.3, -0.25) is 20.4 Å². The molecule has 1 aliphatic rings. The van der Waals surface area contributed by atoms with Crippen LogP contribution in [0.1, 0.15) is 46.2 Å². The second kappa shape index (κ2) is 10.1. The third kappa shape index (κ3) is 5.17. The number of benzene rings is 1. The molecule has 2 heterocycles. The van der Waals surface area contributed by atoms with Gasteiger partial charge in [0.25, 0.3) is 11.8 Å².